The second kappa shape index (κ2) is 7.21. The van der Waals surface area contributed by atoms with Gasteiger partial charge >= 0.3 is 0 Å². The van der Waals surface area contributed by atoms with Crippen molar-refractivity contribution in [2.45, 2.75) is 6.42 Å². The number of rotatable bonds is 3. The maximum absolute atomic E-state index is 8.29. The number of nitrogens with zero attached hydrogens (tertiary/aromatic N) is 1. The van der Waals surface area contributed by atoms with E-state index in [9.17, 15) is 0 Å². The van der Waals surface area contributed by atoms with Crippen LogP contribution in [0.25, 0.3) is 0 Å². The molecule has 8 heavy (non-hydrogen) atoms. The van der Waals surface area contributed by atoms with Crippen LogP contribution in [0.1, 0.15) is 6.42 Å². The number of hydrogen-bond acceptors (Lipinski definition) is 2. The van der Waals surface area contributed by atoms with Gasteiger partial charge in [0.05, 0.1) is 0 Å². The fourth-order valence-corrected chi connectivity index (χ4v) is 0.387. The Morgan fingerprint density at radius 2 is 1.88 bits per heavy atom. The molecule has 0 aromatic heterocycles. The average molecular weight is 140 g/mol. The second-order valence-electron chi connectivity index (χ2n) is 1.88. The molecule has 0 atom stereocenters. The largest absolute Gasteiger partial charge is 0.396 e. The molecule has 0 heterocycles. The van der Waals surface area contributed by atoms with Gasteiger partial charge < -0.3 is 10.0 Å². The first-order valence-electron chi connectivity index (χ1n) is 2.53. The Bertz CT molecular complexity index is 41.4. The summed E-state index contributed by atoms with van der Waals surface area (Å²) in [6.07, 6.45) is 0.882. The molecule has 2 nitrogen and oxygen atoms in total. The molecule has 0 bridgehead atoms. The highest BCUT2D eigenvalue weighted by Crippen LogP contribution is 1.77. The van der Waals surface area contributed by atoms with Crippen LogP contribution in [-0.2, 0) is 0 Å². The quantitative estimate of drug-likeness (QED) is 0.610. The van der Waals surface area contributed by atoms with Gasteiger partial charge in [-0.15, -0.1) is 12.4 Å². The molecule has 0 spiro atoms. The zero-order valence-electron chi connectivity index (χ0n) is 5.42. The summed E-state index contributed by atoms with van der Waals surface area (Å²) < 4.78 is 0. The highest BCUT2D eigenvalue weighted by molar-refractivity contribution is 5.85. The molecule has 3 heteroatoms. The Morgan fingerprint density at radius 3 is 2.00 bits per heavy atom. The molecule has 0 unspecified atom stereocenters. The van der Waals surface area contributed by atoms with Crippen LogP contribution in [0.2, 0.25) is 0 Å². The van der Waals surface area contributed by atoms with Gasteiger partial charge in [0, 0.05) is 6.61 Å². The number of aliphatic hydroxyl groups excluding tert-OH is 1. The van der Waals surface area contributed by atoms with Crippen molar-refractivity contribution in [1.82, 2.24) is 4.90 Å². The van der Waals surface area contributed by atoms with E-state index in [0.717, 1.165) is 13.0 Å². The standard InChI is InChI=1S/C5H13NO.ClH/c1-6(2)4-3-5-7;/h7H,3-5H2,1-2H3;1H. The summed E-state index contributed by atoms with van der Waals surface area (Å²) in [5, 5.41) is 8.29. The maximum atomic E-state index is 8.29. The summed E-state index contributed by atoms with van der Waals surface area (Å²) in [6, 6.07) is 0. The molecule has 0 rings (SSSR count). The fourth-order valence-electron chi connectivity index (χ4n) is 0.387. The third-order valence-electron chi connectivity index (χ3n) is 0.763. The van der Waals surface area contributed by atoms with E-state index in [4.69, 9.17) is 5.11 Å². The van der Waals surface area contributed by atoms with Crippen molar-refractivity contribution in [2.75, 3.05) is 27.2 Å². The van der Waals surface area contributed by atoms with Crippen LogP contribution >= 0.6 is 12.4 Å². The number of halogens is 1. The van der Waals surface area contributed by atoms with Crippen molar-refractivity contribution in [3.05, 3.63) is 0 Å². The van der Waals surface area contributed by atoms with E-state index in [1.165, 1.54) is 0 Å². The zero-order chi connectivity index (χ0) is 5.70. The SMILES string of the molecule is CN(C)CCCO.Cl. The predicted octanol–water partition coefficient (Wildman–Crippen LogP) is 0.352. The van der Waals surface area contributed by atoms with Crippen molar-refractivity contribution in [2.24, 2.45) is 0 Å². The van der Waals surface area contributed by atoms with Gasteiger partial charge in [0.15, 0.2) is 0 Å². The average Bonchev–Trinajstić information content (AvgIpc) is 1.61. The van der Waals surface area contributed by atoms with Crippen molar-refractivity contribution >= 4 is 12.4 Å². The summed E-state index contributed by atoms with van der Waals surface area (Å²) in [4.78, 5) is 2.05. The van der Waals surface area contributed by atoms with Gasteiger partial charge in [-0.25, -0.2) is 0 Å². The first-order chi connectivity index (χ1) is 3.27. The van der Waals surface area contributed by atoms with Gasteiger partial charge in [0.2, 0.25) is 0 Å². The predicted molar refractivity (Wildman–Crippen MR) is 37.5 cm³/mol. The molecular weight excluding hydrogens is 126 g/mol. The van der Waals surface area contributed by atoms with E-state index >= 15 is 0 Å². The summed E-state index contributed by atoms with van der Waals surface area (Å²) in [6.45, 7) is 1.29. The number of aliphatic hydroxyl groups is 1. The molecular formula is C5H14ClNO. The maximum Gasteiger partial charge on any atom is 0.0443 e. The van der Waals surface area contributed by atoms with Gasteiger partial charge in [0.25, 0.3) is 0 Å². The lowest BCUT2D eigenvalue weighted by Crippen LogP contribution is -2.13. The molecule has 0 aromatic carbocycles. The van der Waals surface area contributed by atoms with Crippen LogP contribution < -0.4 is 0 Å². The minimum atomic E-state index is 0. The lowest BCUT2D eigenvalue weighted by molar-refractivity contribution is 0.263. The van der Waals surface area contributed by atoms with Gasteiger partial charge in [-0.3, -0.25) is 0 Å². The third-order valence-corrected chi connectivity index (χ3v) is 0.763. The molecule has 0 saturated carbocycles. The van der Waals surface area contributed by atoms with Crippen molar-refractivity contribution in [1.29, 1.82) is 0 Å². The third kappa shape index (κ3) is 9.51. The molecule has 0 radical (unpaired) electrons. The Balaban J connectivity index is 0. The van der Waals surface area contributed by atoms with Crippen LogP contribution in [-0.4, -0.2) is 37.3 Å². The topological polar surface area (TPSA) is 23.5 Å². The lowest BCUT2D eigenvalue weighted by atomic mass is 10.4. The van der Waals surface area contributed by atoms with Gasteiger partial charge in [-0.1, -0.05) is 0 Å². The van der Waals surface area contributed by atoms with Crippen LogP contribution in [0.15, 0.2) is 0 Å². The van der Waals surface area contributed by atoms with Crippen molar-refractivity contribution in [3.8, 4) is 0 Å². The molecule has 0 aliphatic rings. The van der Waals surface area contributed by atoms with E-state index in [1.54, 1.807) is 0 Å². The highest BCUT2D eigenvalue weighted by Gasteiger charge is 1.84. The Kier molecular flexibility index (Phi) is 9.97. The van der Waals surface area contributed by atoms with Crippen molar-refractivity contribution in [3.63, 3.8) is 0 Å². The van der Waals surface area contributed by atoms with Crippen LogP contribution in [0, 0.1) is 0 Å². The monoisotopic (exact) mass is 139 g/mol. The Hall–Kier alpha value is 0.210. The van der Waals surface area contributed by atoms with Gasteiger partial charge in [-0.2, -0.15) is 0 Å². The van der Waals surface area contributed by atoms with E-state index in [2.05, 4.69) is 4.90 Å². The molecule has 0 amide bonds. The second-order valence-corrected chi connectivity index (χ2v) is 1.88. The molecule has 0 fully saturated rings. The summed E-state index contributed by atoms with van der Waals surface area (Å²) in [5.74, 6) is 0. The molecule has 0 aromatic rings. The lowest BCUT2D eigenvalue weighted by Gasteiger charge is -2.05. The van der Waals surface area contributed by atoms with Crippen LogP contribution in [0.4, 0.5) is 0 Å². The van der Waals surface area contributed by atoms with E-state index in [0.29, 0.717) is 6.61 Å². The highest BCUT2D eigenvalue weighted by atomic mass is 35.5. The molecule has 0 saturated heterocycles. The van der Waals surface area contributed by atoms with Gasteiger partial charge in [-0.05, 0) is 27.1 Å². The van der Waals surface area contributed by atoms with Crippen LogP contribution in [0.3, 0.4) is 0 Å². The molecule has 0 aliphatic heterocycles. The summed E-state index contributed by atoms with van der Waals surface area (Å²) >= 11 is 0. The molecule has 0 aliphatic carbocycles. The Labute approximate surface area is 56.9 Å². The van der Waals surface area contributed by atoms with E-state index < -0.39 is 0 Å². The van der Waals surface area contributed by atoms with Crippen LogP contribution in [0.5, 0.6) is 0 Å². The summed E-state index contributed by atoms with van der Waals surface area (Å²) in [7, 11) is 3.99. The van der Waals surface area contributed by atoms with E-state index in [1.807, 2.05) is 14.1 Å². The molecule has 52 valence electrons. The normalized spacial score (nSPS) is 9.00. The first-order valence-corrected chi connectivity index (χ1v) is 2.53. The smallest absolute Gasteiger partial charge is 0.0443 e. The fraction of sp³-hybridized carbons (Fsp3) is 1.00. The molecule has 1 N–H and O–H groups in total. The first kappa shape index (κ1) is 11.1. The van der Waals surface area contributed by atoms with E-state index in [-0.39, 0.29) is 12.4 Å². The Morgan fingerprint density at radius 1 is 1.38 bits per heavy atom. The minimum absolute atomic E-state index is 0. The summed E-state index contributed by atoms with van der Waals surface area (Å²) in [5.41, 5.74) is 0. The number of hydrogen-bond donors (Lipinski definition) is 1. The van der Waals surface area contributed by atoms with Gasteiger partial charge in [0.1, 0.15) is 0 Å². The van der Waals surface area contributed by atoms with Crippen molar-refractivity contribution < 1.29 is 5.11 Å². The zero-order valence-corrected chi connectivity index (χ0v) is 6.24. The minimum Gasteiger partial charge on any atom is -0.396 e.